The molecule has 0 saturated heterocycles. The van der Waals surface area contributed by atoms with Crippen molar-refractivity contribution in [2.45, 2.75) is 50.7 Å². The lowest BCUT2D eigenvalue weighted by Gasteiger charge is -2.24. The summed E-state index contributed by atoms with van der Waals surface area (Å²) >= 11 is 0. The number of para-hydroxylation sites is 1. The number of carboxylic acid groups (broad SMARTS) is 2. The molecule has 1 aliphatic heterocycles. The molecule has 11 heteroatoms. The highest BCUT2D eigenvalue weighted by Crippen LogP contribution is 2.34. The third-order valence-corrected chi connectivity index (χ3v) is 8.87. The fourth-order valence-corrected chi connectivity index (χ4v) is 6.58. The predicted octanol–water partition coefficient (Wildman–Crippen LogP) is 4.02. The van der Waals surface area contributed by atoms with E-state index in [1.54, 1.807) is 56.3 Å². The Labute approximate surface area is 238 Å². The first kappa shape index (κ1) is 29.8. The van der Waals surface area contributed by atoms with E-state index in [1.165, 1.54) is 22.5 Å². The number of aliphatic carboxylic acids is 1. The van der Waals surface area contributed by atoms with Crippen molar-refractivity contribution in [2.75, 3.05) is 13.1 Å². The lowest BCUT2D eigenvalue weighted by molar-refractivity contribution is -0.137. The van der Waals surface area contributed by atoms with Gasteiger partial charge in [-0.05, 0) is 67.3 Å². The van der Waals surface area contributed by atoms with Gasteiger partial charge in [0.05, 0.1) is 24.1 Å². The molecule has 0 bridgehead atoms. The second-order valence-corrected chi connectivity index (χ2v) is 11.9. The zero-order chi connectivity index (χ0) is 29.9. The SMILES string of the molecule is CCNC(=O)c1ccc(C(CC(=O)O)c2ccc(C)c(CN3C[C@@H](C)Oc4ccccc4S3(=O)=O)c2)cc1C(=O)O. The molecule has 3 aromatic carbocycles. The standard InChI is InChI=1S/C30H32N2O8S/c1-4-31-29(35)23-12-11-21(14-25(23)30(36)37)24(15-28(33)34)20-10-9-18(2)22(13-20)17-32-16-19(3)40-26-7-5-6-8-27(26)41(32,38)39/h5-14,19,24H,4,15-17H2,1-3H3,(H,31,35)(H,33,34)(H,36,37)/t19-,24?/m1/s1. The summed E-state index contributed by atoms with van der Waals surface area (Å²) in [7, 11) is -3.89. The van der Waals surface area contributed by atoms with E-state index in [1.807, 2.05) is 6.92 Å². The van der Waals surface area contributed by atoms with Crippen LogP contribution in [0.3, 0.4) is 0 Å². The molecule has 1 unspecified atom stereocenters. The average Bonchev–Trinajstić information content (AvgIpc) is 3.01. The van der Waals surface area contributed by atoms with Crippen molar-refractivity contribution in [1.82, 2.24) is 9.62 Å². The molecule has 3 aromatic rings. The van der Waals surface area contributed by atoms with Crippen LogP contribution >= 0.6 is 0 Å². The first-order valence-electron chi connectivity index (χ1n) is 13.1. The summed E-state index contributed by atoms with van der Waals surface area (Å²) in [4.78, 5) is 36.4. The van der Waals surface area contributed by atoms with Crippen molar-refractivity contribution in [3.63, 3.8) is 0 Å². The molecule has 0 aromatic heterocycles. The average molecular weight is 581 g/mol. The van der Waals surface area contributed by atoms with Crippen LogP contribution in [0.1, 0.15) is 69.2 Å². The molecule has 0 aliphatic carbocycles. The lowest BCUT2D eigenvalue weighted by atomic mass is 9.85. The van der Waals surface area contributed by atoms with Crippen molar-refractivity contribution in [3.8, 4) is 5.75 Å². The molecule has 1 aliphatic rings. The molecule has 1 heterocycles. The monoisotopic (exact) mass is 580 g/mol. The second kappa shape index (κ2) is 12.1. The minimum absolute atomic E-state index is 0.0234. The molecule has 2 atom stereocenters. The summed E-state index contributed by atoms with van der Waals surface area (Å²) < 4.78 is 34.4. The maximum Gasteiger partial charge on any atom is 0.336 e. The second-order valence-electron chi connectivity index (χ2n) is 9.98. The minimum Gasteiger partial charge on any atom is -0.488 e. The largest absolute Gasteiger partial charge is 0.488 e. The number of aromatic carboxylic acids is 1. The highest BCUT2D eigenvalue weighted by Gasteiger charge is 2.33. The maximum atomic E-state index is 13.6. The molecular weight excluding hydrogens is 548 g/mol. The predicted molar refractivity (Wildman–Crippen MR) is 151 cm³/mol. The number of hydrogen-bond acceptors (Lipinski definition) is 6. The highest BCUT2D eigenvalue weighted by atomic mass is 32.2. The van der Waals surface area contributed by atoms with Crippen molar-refractivity contribution < 1.29 is 37.8 Å². The number of nitrogens with zero attached hydrogens (tertiary/aromatic N) is 1. The number of amides is 1. The van der Waals surface area contributed by atoms with Crippen LogP contribution in [0.5, 0.6) is 5.75 Å². The number of carboxylic acids is 2. The van der Waals surface area contributed by atoms with E-state index in [2.05, 4.69) is 5.32 Å². The molecule has 0 saturated carbocycles. The van der Waals surface area contributed by atoms with Crippen molar-refractivity contribution in [3.05, 3.63) is 94.0 Å². The van der Waals surface area contributed by atoms with Crippen LogP contribution in [0.2, 0.25) is 0 Å². The van der Waals surface area contributed by atoms with Crippen molar-refractivity contribution in [1.29, 1.82) is 0 Å². The summed E-state index contributed by atoms with van der Waals surface area (Å²) in [6.07, 6.45) is -0.753. The summed E-state index contributed by atoms with van der Waals surface area (Å²) in [5.74, 6) is -3.41. The fourth-order valence-electron chi connectivity index (χ4n) is 4.97. The van der Waals surface area contributed by atoms with Gasteiger partial charge in [0, 0.05) is 19.0 Å². The maximum absolute atomic E-state index is 13.6. The van der Waals surface area contributed by atoms with E-state index in [-0.39, 0.29) is 35.5 Å². The molecule has 3 N–H and O–H groups in total. The van der Waals surface area contributed by atoms with Gasteiger partial charge in [0.15, 0.2) is 0 Å². The minimum atomic E-state index is -3.89. The summed E-state index contributed by atoms with van der Waals surface area (Å²) in [5.41, 5.74) is 2.20. The summed E-state index contributed by atoms with van der Waals surface area (Å²) in [5, 5.41) is 22.1. The summed E-state index contributed by atoms with van der Waals surface area (Å²) in [6, 6.07) is 16.1. The van der Waals surface area contributed by atoms with E-state index in [0.717, 1.165) is 5.56 Å². The quantitative estimate of drug-likeness (QED) is 0.343. The Kier molecular flexibility index (Phi) is 8.79. The van der Waals surface area contributed by atoms with Gasteiger partial charge in [0.1, 0.15) is 16.7 Å². The Balaban J connectivity index is 1.75. The number of rotatable bonds is 9. The van der Waals surface area contributed by atoms with E-state index >= 15 is 0 Å². The zero-order valence-corrected chi connectivity index (χ0v) is 23.8. The van der Waals surface area contributed by atoms with Gasteiger partial charge in [-0.2, -0.15) is 4.31 Å². The Morgan fingerprint density at radius 2 is 1.71 bits per heavy atom. The van der Waals surface area contributed by atoms with E-state index < -0.39 is 39.9 Å². The van der Waals surface area contributed by atoms with Crippen molar-refractivity contribution in [2.24, 2.45) is 0 Å². The van der Waals surface area contributed by atoms with Gasteiger partial charge >= 0.3 is 11.9 Å². The normalized spacial score (nSPS) is 17.0. The van der Waals surface area contributed by atoms with Gasteiger partial charge in [-0.3, -0.25) is 9.59 Å². The van der Waals surface area contributed by atoms with Crippen LogP contribution in [-0.2, 0) is 21.4 Å². The van der Waals surface area contributed by atoms with Crippen LogP contribution in [0.25, 0.3) is 0 Å². The Bertz CT molecular complexity index is 1600. The molecule has 4 rings (SSSR count). The van der Waals surface area contributed by atoms with Crippen LogP contribution in [0.15, 0.2) is 65.6 Å². The summed E-state index contributed by atoms with van der Waals surface area (Å²) in [6.45, 7) is 5.81. The van der Waals surface area contributed by atoms with E-state index in [0.29, 0.717) is 29.0 Å². The smallest absolute Gasteiger partial charge is 0.336 e. The van der Waals surface area contributed by atoms with Crippen LogP contribution < -0.4 is 10.1 Å². The van der Waals surface area contributed by atoms with Gasteiger partial charge in [-0.15, -0.1) is 0 Å². The zero-order valence-electron chi connectivity index (χ0n) is 23.0. The molecule has 10 nitrogen and oxygen atoms in total. The first-order valence-corrected chi connectivity index (χ1v) is 14.6. The number of aryl methyl sites for hydroxylation is 1. The third kappa shape index (κ3) is 6.41. The Morgan fingerprint density at radius 3 is 2.39 bits per heavy atom. The molecule has 216 valence electrons. The topological polar surface area (TPSA) is 150 Å². The molecule has 0 spiro atoms. The third-order valence-electron chi connectivity index (χ3n) is 7.02. The molecule has 1 amide bonds. The number of carbonyl (C=O) groups is 3. The number of hydrogen-bond donors (Lipinski definition) is 3. The molecular formula is C30H32N2O8S. The molecule has 0 radical (unpaired) electrons. The number of ether oxygens (including phenoxy) is 1. The van der Waals surface area contributed by atoms with Gasteiger partial charge < -0.3 is 20.3 Å². The number of fused-ring (bicyclic) bond motifs is 1. The number of nitrogens with one attached hydrogen (secondary N) is 1. The van der Waals surface area contributed by atoms with E-state index in [4.69, 9.17) is 4.74 Å². The molecule has 0 fully saturated rings. The van der Waals surface area contributed by atoms with Gasteiger partial charge in [0.2, 0.25) is 10.0 Å². The van der Waals surface area contributed by atoms with Crippen LogP contribution in [0, 0.1) is 6.92 Å². The number of benzene rings is 3. The first-order chi connectivity index (χ1) is 19.4. The highest BCUT2D eigenvalue weighted by molar-refractivity contribution is 7.89. The van der Waals surface area contributed by atoms with Crippen LogP contribution in [0.4, 0.5) is 0 Å². The Morgan fingerprint density at radius 1 is 1.02 bits per heavy atom. The van der Waals surface area contributed by atoms with Crippen molar-refractivity contribution >= 4 is 27.9 Å². The molecule has 41 heavy (non-hydrogen) atoms. The fraction of sp³-hybridized carbons (Fsp3) is 0.300. The van der Waals surface area contributed by atoms with Gasteiger partial charge in [-0.25, -0.2) is 13.2 Å². The van der Waals surface area contributed by atoms with Gasteiger partial charge in [0.25, 0.3) is 5.91 Å². The van der Waals surface area contributed by atoms with E-state index in [9.17, 15) is 33.0 Å². The van der Waals surface area contributed by atoms with Gasteiger partial charge in [-0.1, -0.05) is 36.4 Å². The number of sulfonamides is 1. The Hall–Kier alpha value is -4.22. The lowest BCUT2D eigenvalue weighted by Crippen LogP contribution is -2.35. The van der Waals surface area contributed by atoms with Crippen LogP contribution in [-0.4, -0.2) is 60.0 Å². The number of carbonyl (C=O) groups excluding carboxylic acids is 1.